The summed E-state index contributed by atoms with van der Waals surface area (Å²) in [7, 11) is 0. The van der Waals surface area contributed by atoms with E-state index in [1.807, 2.05) is 12.1 Å². The lowest BCUT2D eigenvalue weighted by Crippen LogP contribution is -2.04. The minimum atomic E-state index is 0.455. The molecule has 33 heavy (non-hydrogen) atoms. The first-order valence-corrected chi connectivity index (χ1v) is 12.1. The number of hydrogen-bond donors (Lipinski definition) is 0. The molecule has 0 saturated carbocycles. The van der Waals surface area contributed by atoms with Crippen LogP contribution in [-0.4, -0.2) is 0 Å². The Balaban J connectivity index is 1.34. The van der Waals surface area contributed by atoms with E-state index >= 15 is 0 Å². The lowest BCUT2D eigenvalue weighted by atomic mass is 9.82. The number of halogens is 1. The summed E-state index contributed by atoms with van der Waals surface area (Å²) in [6.07, 6.45) is 5.61. The number of allylic oxidation sites excluding steroid dienone is 4. The Morgan fingerprint density at radius 2 is 1.42 bits per heavy atom. The molecule has 0 bridgehead atoms. The second-order valence-electron chi connectivity index (χ2n) is 8.79. The first-order valence-electron chi connectivity index (χ1n) is 11.3. The molecule has 1 aliphatic carbocycles. The molecule has 0 saturated heterocycles. The fourth-order valence-electron chi connectivity index (χ4n) is 4.93. The summed E-state index contributed by atoms with van der Waals surface area (Å²) in [5.74, 6) is 0.455. The van der Waals surface area contributed by atoms with Gasteiger partial charge < -0.3 is 4.42 Å². The van der Waals surface area contributed by atoms with Gasteiger partial charge in [-0.25, -0.2) is 0 Å². The van der Waals surface area contributed by atoms with E-state index in [-0.39, 0.29) is 0 Å². The summed E-state index contributed by atoms with van der Waals surface area (Å²) in [6, 6.07) is 32.2. The Hall–Kier alpha value is -3.36. The molecule has 5 aromatic rings. The van der Waals surface area contributed by atoms with Gasteiger partial charge in [0.1, 0.15) is 11.2 Å². The van der Waals surface area contributed by atoms with Gasteiger partial charge in [-0.2, -0.15) is 0 Å². The molecule has 160 valence electrons. The van der Waals surface area contributed by atoms with Crippen molar-refractivity contribution in [2.75, 3.05) is 0 Å². The molecule has 2 heteroatoms. The Morgan fingerprint density at radius 1 is 0.697 bits per heavy atom. The molecule has 1 unspecified atom stereocenters. The van der Waals surface area contributed by atoms with E-state index in [2.05, 4.69) is 114 Å². The fourth-order valence-corrected chi connectivity index (χ4v) is 5.49. The topological polar surface area (TPSA) is 13.1 Å². The Bertz CT molecular complexity index is 1540. The summed E-state index contributed by atoms with van der Waals surface area (Å²) >= 11 is 3.70. The normalized spacial score (nSPS) is 16.1. The van der Waals surface area contributed by atoms with Gasteiger partial charge in [0.2, 0.25) is 0 Å². The van der Waals surface area contributed by atoms with Crippen LogP contribution < -0.4 is 0 Å². The van der Waals surface area contributed by atoms with Crippen LogP contribution in [-0.2, 0) is 0 Å². The Labute approximate surface area is 202 Å². The van der Waals surface area contributed by atoms with Gasteiger partial charge in [0.15, 0.2) is 0 Å². The van der Waals surface area contributed by atoms with Crippen molar-refractivity contribution in [3.8, 4) is 11.1 Å². The van der Waals surface area contributed by atoms with E-state index < -0.39 is 0 Å². The van der Waals surface area contributed by atoms with Gasteiger partial charge in [-0.3, -0.25) is 0 Å². The van der Waals surface area contributed by atoms with Crippen LogP contribution in [0.15, 0.2) is 112 Å². The lowest BCUT2D eigenvalue weighted by Gasteiger charge is -2.22. The fraction of sp³-hybridized carbons (Fsp3) is 0.0968. The Kier molecular flexibility index (Phi) is 5.04. The maximum atomic E-state index is 6.05. The minimum absolute atomic E-state index is 0.455. The monoisotopic (exact) mass is 490 g/mol. The number of furan rings is 1. The zero-order chi connectivity index (χ0) is 22.4. The van der Waals surface area contributed by atoms with E-state index in [4.69, 9.17) is 4.42 Å². The molecular formula is C31H23BrO. The smallest absolute Gasteiger partial charge is 0.136 e. The third-order valence-corrected chi connectivity index (χ3v) is 7.32. The molecule has 1 aliphatic rings. The summed E-state index contributed by atoms with van der Waals surface area (Å²) in [6.45, 7) is 2.33. The maximum absolute atomic E-state index is 6.05. The average Bonchev–Trinajstić information content (AvgIpc) is 3.24. The first-order chi connectivity index (χ1) is 16.2. The first kappa shape index (κ1) is 20.3. The largest absolute Gasteiger partial charge is 0.456 e. The number of rotatable bonds is 3. The second kappa shape index (κ2) is 8.20. The van der Waals surface area contributed by atoms with Gasteiger partial charge in [-0.1, -0.05) is 102 Å². The summed E-state index contributed by atoms with van der Waals surface area (Å²) in [4.78, 5) is 0. The Morgan fingerprint density at radius 3 is 2.21 bits per heavy atom. The van der Waals surface area contributed by atoms with E-state index in [0.29, 0.717) is 5.92 Å². The van der Waals surface area contributed by atoms with E-state index in [1.54, 1.807) is 0 Å². The molecule has 0 radical (unpaired) electrons. The molecule has 0 aliphatic heterocycles. The van der Waals surface area contributed by atoms with Gasteiger partial charge in [0.05, 0.1) is 0 Å². The predicted octanol–water partition coefficient (Wildman–Crippen LogP) is 9.52. The predicted molar refractivity (Wildman–Crippen MR) is 143 cm³/mol. The van der Waals surface area contributed by atoms with E-state index in [9.17, 15) is 0 Å². The molecule has 4 aromatic carbocycles. The highest BCUT2D eigenvalue weighted by atomic mass is 79.9. The molecule has 1 atom stereocenters. The number of benzene rings is 4. The molecular weight excluding hydrogens is 468 g/mol. The van der Waals surface area contributed by atoms with Gasteiger partial charge in [0, 0.05) is 15.2 Å². The summed E-state index contributed by atoms with van der Waals surface area (Å²) < 4.78 is 7.12. The van der Waals surface area contributed by atoms with Crippen molar-refractivity contribution in [1.82, 2.24) is 0 Å². The SMILES string of the molecule is CC1CC(c2ccc3oc4cccc(Br)c4c3c2)=CC=C1c1ccc(-c2ccccc2)cc1. The van der Waals surface area contributed by atoms with Crippen molar-refractivity contribution < 1.29 is 4.42 Å². The van der Waals surface area contributed by atoms with Crippen molar-refractivity contribution >= 4 is 49.0 Å². The van der Waals surface area contributed by atoms with Crippen molar-refractivity contribution in [2.45, 2.75) is 13.3 Å². The summed E-state index contributed by atoms with van der Waals surface area (Å²) in [5, 5.41) is 2.31. The van der Waals surface area contributed by atoms with Gasteiger partial charge in [-0.15, -0.1) is 0 Å². The van der Waals surface area contributed by atoms with Gasteiger partial charge in [-0.05, 0) is 70.0 Å². The third-order valence-electron chi connectivity index (χ3n) is 6.66. The molecule has 1 aromatic heterocycles. The highest BCUT2D eigenvalue weighted by Gasteiger charge is 2.19. The highest BCUT2D eigenvalue weighted by Crippen LogP contribution is 2.40. The van der Waals surface area contributed by atoms with Crippen molar-refractivity contribution in [2.24, 2.45) is 5.92 Å². The molecule has 0 spiro atoms. The number of fused-ring (bicyclic) bond motifs is 3. The van der Waals surface area contributed by atoms with Crippen LogP contribution in [0, 0.1) is 5.92 Å². The van der Waals surface area contributed by atoms with Crippen LogP contribution in [0.3, 0.4) is 0 Å². The van der Waals surface area contributed by atoms with Crippen LogP contribution in [0.5, 0.6) is 0 Å². The quantitative estimate of drug-likeness (QED) is 0.245. The van der Waals surface area contributed by atoms with Crippen LogP contribution in [0.4, 0.5) is 0 Å². The molecule has 0 fully saturated rings. The van der Waals surface area contributed by atoms with E-state index in [0.717, 1.165) is 32.8 Å². The zero-order valence-electron chi connectivity index (χ0n) is 18.4. The zero-order valence-corrected chi connectivity index (χ0v) is 20.0. The van der Waals surface area contributed by atoms with Crippen LogP contribution >= 0.6 is 15.9 Å². The van der Waals surface area contributed by atoms with Gasteiger partial charge in [0.25, 0.3) is 0 Å². The molecule has 0 amide bonds. The van der Waals surface area contributed by atoms with Crippen molar-refractivity contribution in [3.63, 3.8) is 0 Å². The molecule has 0 N–H and O–H groups in total. The molecule has 6 rings (SSSR count). The molecule has 1 nitrogen and oxygen atoms in total. The number of hydrogen-bond acceptors (Lipinski definition) is 1. The van der Waals surface area contributed by atoms with Crippen molar-refractivity contribution in [3.05, 3.63) is 119 Å². The second-order valence-corrected chi connectivity index (χ2v) is 9.64. The average molecular weight is 491 g/mol. The molecule has 1 heterocycles. The van der Waals surface area contributed by atoms with Crippen LogP contribution in [0.1, 0.15) is 24.5 Å². The van der Waals surface area contributed by atoms with Crippen LogP contribution in [0.25, 0.3) is 44.2 Å². The minimum Gasteiger partial charge on any atom is -0.456 e. The highest BCUT2D eigenvalue weighted by molar-refractivity contribution is 9.10. The van der Waals surface area contributed by atoms with E-state index in [1.165, 1.54) is 33.4 Å². The van der Waals surface area contributed by atoms with Crippen molar-refractivity contribution in [1.29, 1.82) is 0 Å². The van der Waals surface area contributed by atoms with Gasteiger partial charge >= 0.3 is 0 Å². The van der Waals surface area contributed by atoms with Crippen LogP contribution in [0.2, 0.25) is 0 Å². The standard InChI is InChI=1S/C31H23BrO/c1-20-18-24(25-15-17-29-27(19-25)31-28(32)8-5-9-30(31)33-29)14-16-26(20)23-12-10-22(11-13-23)21-6-3-2-4-7-21/h2-17,19-20H,18H2,1H3. The summed E-state index contributed by atoms with van der Waals surface area (Å²) in [5.41, 5.74) is 9.70. The third kappa shape index (κ3) is 3.65. The lowest BCUT2D eigenvalue weighted by molar-refractivity contribution is 0.669. The maximum Gasteiger partial charge on any atom is 0.136 e.